The van der Waals surface area contributed by atoms with Crippen LogP contribution in [0.4, 0.5) is 5.69 Å². The molecule has 2 aliphatic carbocycles. The van der Waals surface area contributed by atoms with E-state index in [-0.39, 0.29) is 5.91 Å². The van der Waals surface area contributed by atoms with Gasteiger partial charge in [0.25, 0.3) is 5.91 Å². The van der Waals surface area contributed by atoms with Crippen molar-refractivity contribution in [2.24, 2.45) is 13.0 Å². The fourth-order valence-electron chi connectivity index (χ4n) is 5.87. The predicted molar refractivity (Wildman–Crippen MR) is 114 cm³/mol. The van der Waals surface area contributed by atoms with Crippen LogP contribution in [0.5, 0.6) is 0 Å². The summed E-state index contributed by atoms with van der Waals surface area (Å²) in [5, 5.41) is 7.81. The van der Waals surface area contributed by atoms with E-state index >= 15 is 0 Å². The fourth-order valence-corrected chi connectivity index (χ4v) is 5.87. The highest BCUT2D eigenvalue weighted by Gasteiger charge is 2.45. The Morgan fingerprint density at radius 2 is 2.00 bits per heavy atom. The number of amides is 1. The van der Waals surface area contributed by atoms with Crippen LogP contribution in [-0.4, -0.2) is 28.3 Å². The van der Waals surface area contributed by atoms with E-state index in [2.05, 4.69) is 59.7 Å². The number of anilines is 1. The molecule has 0 spiro atoms. The number of hydrogen-bond donors (Lipinski definition) is 1. The van der Waals surface area contributed by atoms with Gasteiger partial charge >= 0.3 is 0 Å². The van der Waals surface area contributed by atoms with Gasteiger partial charge < -0.3 is 10.2 Å². The maximum Gasteiger partial charge on any atom is 0.252 e. The predicted octanol–water partition coefficient (Wildman–Crippen LogP) is 3.48. The van der Waals surface area contributed by atoms with Crippen molar-refractivity contribution in [3.63, 3.8) is 0 Å². The Morgan fingerprint density at radius 3 is 2.83 bits per heavy atom. The first-order chi connectivity index (χ1) is 14.0. The zero-order valence-electron chi connectivity index (χ0n) is 17.2. The second-order valence-electron chi connectivity index (χ2n) is 9.15. The third kappa shape index (κ3) is 2.21. The highest BCUT2D eigenvalue weighted by Crippen LogP contribution is 2.54. The molecule has 6 rings (SSSR count). The standard InChI is InChI=1S/C24H26N4O/c1-13(2)11-28-19-7-5-4-6-14(19)21-16-10-25-24(29)22(16)20-15(23(21)28)8-9-18-17(20)12-27(3)26-18/h4-7,12-14,19H,8-11H2,1-3H3,(H,25,29). The van der Waals surface area contributed by atoms with Crippen LogP contribution in [0.2, 0.25) is 0 Å². The van der Waals surface area contributed by atoms with E-state index in [9.17, 15) is 4.79 Å². The smallest absolute Gasteiger partial charge is 0.252 e. The van der Waals surface area contributed by atoms with E-state index in [1.807, 2.05) is 11.7 Å². The monoisotopic (exact) mass is 386 g/mol. The summed E-state index contributed by atoms with van der Waals surface area (Å²) >= 11 is 0. The zero-order valence-corrected chi connectivity index (χ0v) is 17.2. The van der Waals surface area contributed by atoms with Crippen LogP contribution < -0.4 is 10.2 Å². The Bertz CT molecular complexity index is 1120. The number of nitrogens with one attached hydrogen (secondary N) is 1. The summed E-state index contributed by atoms with van der Waals surface area (Å²) in [7, 11) is 1.97. The van der Waals surface area contributed by atoms with Gasteiger partial charge in [-0.3, -0.25) is 9.48 Å². The molecule has 0 fully saturated rings. The van der Waals surface area contributed by atoms with Gasteiger partial charge in [0.05, 0.1) is 17.3 Å². The molecule has 3 heterocycles. The van der Waals surface area contributed by atoms with E-state index in [0.717, 1.165) is 41.8 Å². The van der Waals surface area contributed by atoms with Crippen molar-refractivity contribution in [3.8, 4) is 11.1 Å². The lowest BCUT2D eigenvalue weighted by molar-refractivity contribution is 0.0966. The highest BCUT2D eigenvalue weighted by molar-refractivity contribution is 6.08. The molecule has 0 saturated carbocycles. The largest absolute Gasteiger partial charge is 0.363 e. The Morgan fingerprint density at radius 1 is 1.17 bits per heavy atom. The van der Waals surface area contributed by atoms with Gasteiger partial charge in [0.1, 0.15) is 0 Å². The zero-order chi connectivity index (χ0) is 19.9. The molecule has 4 aliphatic rings. The Hall–Kier alpha value is -2.82. The minimum Gasteiger partial charge on any atom is -0.363 e. The molecule has 2 atom stereocenters. The summed E-state index contributed by atoms with van der Waals surface area (Å²) in [4.78, 5) is 15.6. The summed E-state index contributed by atoms with van der Waals surface area (Å²) in [6.07, 6.45) is 13.0. The molecular formula is C24H26N4O. The summed E-state index contributed by atoms with van der Waals surface area (Å²) in [6, 6.07) is 0.346. The van der Waals surface area contributed by atoms with Crippen molar-refractivity contribution in [2.75, 3.05) is 11.4 Å². The van der Waals surface area contributed by atoms with E-state index in [1.165, 1.54) is 22.4 Å². The van der Waals surface area contributed by atoms with Gasteiger partial charge in [-0.05, 0) is 35.4 Å². The van der Waals surface area contributed by atoms with Gasteiger partial charge in [0, 0.05) is 49.1 Å². The molecule has 148 valence electrons. The van der Waals surface area contributed by atoms with Crippen LogP contribution in [0, 0.1) is 5.92 Å². The Kier molecular flexibility index (Phi) is 3.44. The number of aryl methyl sites for hydroxylation is 2. The van der Waals surface area contributed by atoms with Crippen molar-refractivity contribution >= 4 is 11.6 Å². The van der Waals surface area contributed by atoms with Crippen molar-refractivity contribution in [2.45, 2.75) is 45.2 Å². The number of benzene rings is 1. The highest BCUT2D eigenvalue weighted by atomic mass is 16.1. The molecule has 0 saturated heterocycles. The van der Waals surface area contributed by atoms with Crippen LogP contribution in [0.1, 0.15) is 52.5 Å². The lowest BCUT2D eigenvalue weighted by Gasteiger charge is -2.32. The van der Waals surface area contributed by atoms with Crippen LogP contribution in [0.15, 0.2) is 30.5 Å². The summed E-state index contributed by atoms with van der Waals surface area (Å²) in [6.45, 7) is 6.24. The number of aromatic nitrogens is 2. The molecule has 2 unspecified atom stereocenters. The molecule has 1 aromatic heterocycles. The van der Waals surface area contributed by atoms with Gasteiger partial charge in [0.15, 0.2) is 0 Å². The molecule has 0 bridgehead atoms. The van der Waals surface area contributed by atoms with Crippen LogP contribution in [0.3, 0.4) is 0 Å². The minimum atomic E-state index is 0.0740. The molecule has 1 N–H and O–H groups in total. The normalized spacial score (nSPS) is 23.0. The lowest BCUT2D eigenvalue weighted by Crippen LogP contribution is -2.36. The molecule has 0 radical (unpaired) electrons. The van der Waals surface area contributed by atoms with Crippen LogP contribution >= 0.6 is 0 Å². The fraction of sp³-hybridized carbons (Fsp3) is 0.417. The Labute approximate surface area is 171 Å². The van der Waals surface area contributed by atoms with E-state index in [4.69, 9.17) is 0 Å². The maximum absolute atomic E-state index is 13.0. The Balaban J connectivity index is 1.70. The number of nitrogens with zero attached hydrogens (tertiary/aromatic N) is 3. The molecule has 5 heteroatoms. The molecule has 2 aliphatic heterocycles. The van der Waals surface area contributed by atoms with Crippen LogP contribution in [0.25, 0.3) is 11.1 Å². The second-order valence-corrected chi connectivity index (χ2v) is 9.15. The van der Waals surface area contributed by atoms with Crippen molar-refractivity contribution in [3.05, 3.63) is 58.4 Å². The maximum atomic E-state index is 13.0. The molecular weight excluding hydrogens is 360 g/mol. The number of carbonyl (C=O) groups is 1. The summed E-state index contributed by atoms with van der Waals surface area (Å²) < 4.78 is 1.89. The summed E-state index contributed by atoms with van der Waals surface area (Å²) in [5.41, 5.74) is 9.65. The first-order valence-corrected chi connectivity index (χ1v) is 10.7. The van der Waals surface area contributed by atoms with Crippen LogP contribution in [-0.2, 0) is 26.4 Å². The quantitative estimate of drug-likeness (QED) is 0.860. The first-order valence-electron chi connectivity index (χ1n) is 10.7. The average Bonchev–Trinajstić information content (AvgIpc) is 3.35. The second kappa shape index (κ2) is 5.85. The van der Waals surface area contributed by atoms with Gasteiger partial charge in [-0.15, -0.1) is 0 Å². The molecule has 1 amide bonds. The number of allylic oxidation sites excluding steroid dienone is 2. The average molecular weight is 386 g/mol. The van der Waals surface area contributed by atoms with E-state index < -0.39 is 0 Å². The van der Waals surface area contributed by atoms with Crippen molar-refractivity contribution in [1.29, 1.82) is 0 Å². The molecule has 5 nitrogen and oxygen atoms in total. The SMILES string of the molecule is CC(C)CN1c2c3c(c4c(c2C2C=CC=CC21)CNC4=O)-c1cn(C)nc1CC3. The minimum absolute atomic E-state index is 0.0740. The molecule has 29 heavy (non-hydrogen) atoms. The molecule has 2 aromatic rings. The number of hydrogen-bond acceptors (Lipinski definition) is 3. The topological polar surface area (TPSA) is 50.2 Å². The van der Waals surface area contributed by atoms with Crippen molar-refractivity contribution in [1.82, 2.24) is 15.1 Å². The van der Waals surface area contributed by atoms with Gasteiger partial charge in [-0.1, -0.05) is 38.2 Å². The third-order valence-corrected chi connectivity index (χ3v) is 6.81. The van der Waals surface area contributed by atoms with Gasteiger partial charge in [-0.25, -0.2) is 0 Å². The summed E-state index contributed by atoms with van der Waals surface area (Å²) in [5.74, 6) is 0.975. The first kappa shape index (κ1) is 17.1. The van der Waals surface area contributed by atoms with Gasteiger partial charge in [0.2, 0.25) is 0 Å². The third-order valence-electron chi connectivity index (χ3n) is 6.81. The van der Waals surface area contributed by atoms with E-state index in [1.54, 1.807) is 0 Å². The van der Waals surface area contributed by atoms with E-state index in [0.29, 0.717) is 24.4 Å². The van der Waals surface area contributed by atoms with Crippen molar-refractivity contribution < 1.29 is 4.79 Å². The number of fused-ring (bicyclic) bond motifs is 10. The number of carbonyl (C=O) groups excluding carboxylic acids is 1. The lowest BCUT2D eigenvalue weighted by atomic mass is 9.79. The number of rotatable bonds is 2. The van der Waals surface area contributed by atoms with Gasteiger partial charge in [-0.2, -0.15) is 5.10 Å². The molecule has 1 aromatic carbocycles.